The van der Waals surface area contributed by atoms with Crippen molar-refractivity contribution in [3.8, 4) is 0 Å². The standard InChI is InChI=1S/C20H30O2/c1-13-11-17(22-18(21)12-13)20(5)14(2)8-9-15-16(20)7-6-10-19(15,3)4/h12,14,17H,6-11H2,1-5H3/t14-,17+,20+/m1/s1. The van der Waals surface area contributed by atoms with Gasteiger partial charge in [-0.3, -0.25) is 0 Å². The average Bonchev–Trinajstić information content (AvgIpc) is 2.41. The summed E-state index contributed by atoms with van der Waals surface area (Å²) in [5, 5.41) is 0. The van der Waals surface area contributed by atoms with E-state index in [-0.39, 0.29) is 17.5 Å². The van der Waals surface area contributed by atoms with E-state index in [4.69, 9.17) is 4.74 Å². The van der Waals surface area contributed by atoms with Crippen molar-refractivity contribution in [3.63, 3.8) is 0 Å². The van der Waals surface area contributed by atoms with Crippen molar-refractivity contribution in [3.05, 3.63) is 22.8 Å². The van der Waals surface area contributed by atoms with Crippen molar-refractivity contribution in [2.75, 3.05) is 0 Å². The lowest BCUT2D eigenvalue weighted by Crippen LogP contribution is -2.48. The first-order valence-corrected chi connectivity index (χ1v) is 8.86. The summed E-state index contributed by atoms with van der Waals surface area (Å²) in [4.78, 5) is 11.9. The molecule has 0 saturated heterocycles. The summed E-state index contributed by atoms with van der Waals surface area (Å²) in [6.07, 6.45) is 8.76. The summed E-state index contributed by atoms with van der Waals surface area (Å²) in [5.41, 5.74) is 4.78. The highest BCUT2D eigenvalue weighted by Gasteiger charge is 2.50. The zero-order valence-corrected chi connectivity index (χ0v) is 14.8. The van der Waals surface area contributed by atoms with Gasteiger partial charge in [-0.2, -0.15) is 0 Å². The number of hydrogen-bond donors (Lipinski definition) is 0. The van der Waals surface area contributed by atoms with E-state index < -0.39 is 0 Å². The summed E-state index contributed by atoms with van der Waals surface area (Å²) in [7, 11) is 0. The van der Waals surface area contributed by atoms with Gasteiger partial charge in [0.05, 0.1) is 0 Å². The molecule has 1 heterocycles. The van der Waals surface area contributed by atoms with Crippen LogP contribution in [0.25, 0.3) is 0 Å². The molecule has 0 bridgehead atoms. The number of rotatable bonds is 1. The van der Waals surface area contributed by atoms with Crippen LogP contribution in [0.1, 0.15) is 73.1 Å². The maximum absolute atomic E-state index is 11.9. The van der Waals surface area contributed by atoms with Crippen LogP contribution in [-0.4, -0.2) is 12.1 Å². The Morgan fingerprint density at radius 2 is 1.91 bits per heavy atom. The minimum Gasteiger partial charge on any atom is -0.458 e. The van der Waals surface area contributed by atoms with Crippen LogP contribution in [-0.2, 0) is 9.53 Å². The number of carbonyl (C=O) groups excluding carboxylic acids is 1. The van der Waals surface area contributed by atoms with Gasteiger partial charge in [0.25, 0.3) is 0 Å². The Kier molecular flexibility index (Phi) is 3.78. The highest BCUT2D eigenvalue weighted by Crippen LogP contribution is 2.57. The molecule has 0 saturated carbocycles. The van der Waals surface area contributed by atoms with Crippen molar-refractivity contribution in [1.29, 1.82) is 0 Å². The third-order valence-electron chi connectivity index (χ3n) is 6.71. The third kappa shape index (κ3) is 2.35. The third-order valence-corrected chi connectivity index (χ3v) is 6.71. The van der Waals surface area contributed by atoms with Crippen molar-refractivity contribution in [2.45, 2.75) is 79.2 Å². The molecule has 2 heteroatoms. The van der Waals surface area contributed by atoms with Crippen LogP contribution in [0.5, 0.6) is 0 Å². The topological polar surface area (TPSA) is 26.3 Å². The lowest BCUT2D eigenvalue weighted by molar-refractivity contribution is -0.152. The number of carbonyl (C=O) groups is 1. The number of ether oxygens (including phenoxy) is 1. The Balaban J connectivity index is 2.06. The van der Waals surface area contributed by atoms with Crippen LogP contribution in [0.3, 0.4) is 0 Å². The summed E-state index contributed by atoms with van der Waals surface area (Å²) in [6.45, 7) is 11.6. The normalized spacial score (nSPS) is 38.2. The van der Waals surface area contributed by atoms with E-state index in [0.29, 0.717) is 11.3 Å². The summed E-state index contributed by atoms with van der Waals surface area (Å²) < 4.78 is 5.84. The fourth-order valence-corrected chi connectivity index (χ4v) is 5.07. The minimum atomic E-state index is -0.148. The molecule has 0 aromatic rings. The first-order chi connectivity index (χ1) is 10.2. The van der Waals surface area contributed by atoms with E-state index in [1.165, 1.54) is 32.1 Å². The van der Waals surface area contributed by atoms with E-state index in [1.807, 2.05) is 0 Å². The van der Waals surface area contributed by atoms with Gasteiger partial charge in [0, 0.05) is 17.9 Å². The Bertz CT molecular complexity index is 552. The van der Waals surface area contributed by atoms with Gasteiger partial charge < -0.3 is 4.74 Å². The SMILES string of the molecule is CC1=CC(=O)O[C@H]([C@]2(C)C3=C(CC[C@H]2C)C(C)(C)CCC3)C1. The molecule has 122 valence electrons. The first kappa shape index (κ1) is 15.8. The van der Waals surface area contributed by atoms with Crippen LogP contribution in [0.15, 0.2) is 22.8 Å². The van der Waals surface area contributed by atoms with Crippen molar-refractivity contribution < 1.29 is 9.53 Å². The van der Waals surface area contributed by atoms with E-state index in [2.05, 4.69) is 34.6 Å². The minimum absolute atomic E-state index is 0.0104. The largest absolute Gasteiger partial charge is 0.458 e. The van der Waals surface area contributed by atoms with Gasteiger partial charge in [-0.1, -0.05) is 44.4 Å². The number of cyclic esters (lactones) is 1. The van der Waals surface area contributed by atoms with Gasteiger partial charge in [-0.25, -0.2) is 4.79 Å². The van der Waals surface area contributed by atoms with Crippen molar-refractivity contribution >= 4 is 5.97 Å². The zero-order chi connectivity index (χ0) is 16.1. The van der Waals surface area contributed by atoms with E-state index >= 15 is 0 Å². The second kappa shape index (κ2) is 5.25. The number of hydrogen-bond acceptors (Lipinski definition) is 2. The summed E-state index contributed by atoms with van der Waals surface area (Å²) >= 11 is 0. The van der Waals surface area contributed by atoms with Crippen LogP contribution >= 0.6 is 0 Å². The van der Waals surface area contributed by atoms with Crippen LogP contribution in [0.4, 0.5) is 0 Å². The smallest absolute Gasteiger partial charge is 0.331 e. The molecule has 22 heavy (non-hydrogen) atoms. The average molecular weight is 302 g/mol. The van der Waals surface area contributed by atoms with Crippen LogP contribution < -0.4 is 0 Å². The molecule has 2 aliphatic carbocycles. The molecule has 0 spiro atoms. The van der Waals surface area contributed by atoms with E-state index in [9.17, 15) is 4.79 Å². The van der Waals surface area contributed by atoms with Gasteiger partial charge in [0.2, 0.25) is 0 Å². The molecule has 2 nitrogen and oxygen atoms in total. The highest BCUT2D eigenvalue weighted by atomic mass is 16.5. The molecule has 0 aromatic carbocycles. The zero-order valence-electron chi connectivity index (χ0n) is 14.8. The lowest BCUT2D eigenvalue weighted by Gasteiger charge is -2.52. The molecule has 3 atom stereocenters. The van der Waals surface area contributed by atoms with Gasteiger partial charge in [0.1, 0.15) is 6.10 Å². The second-order valence-corrected chi connectivity index (χ2v) is 8.54. The maximum Gasteiger partial charge on any atom is 0.331 e. The summed E-state index contributed by atoms with van der Waals surface area (Å²) in [6, 6.07) is 0. The molecular weight excluding hydrogens is 272 g/mol. The monoisotopic (exact) mass is 302 g/mol. The van der Waals surface area contributed by atoms with Gasteiger partial charge >= 0.3 is 5.97 Å². The number of esters is 1. The number of allylic oxidation sites excluding steroid dienone is 1. The molecule has 0 radical (unpaired) electrons. The Morgan fingerprint density at radius 3 is 2.59 bits per heavy atom. The van der Waals surface area contributed by atoms with Crippen LogP contribution in [0.2, 0.25) is 0 Å². The molecule has 0 amide bonds. The lowest BCUT2D eigenvalue weighted by atomic mass is 9.54. The highest BCUT2D eigenvalue weighted by molar-refractivity contribution is 5.83. The Morgan fingerprint density at radius 1 is 1.18 bits per heavy atom. The Labute approximate surface area is 135 Å². The van der Waals surface area contributed by atoms with E-state index in [0.717, 1.165) is 12.0 Å². The van der Waals surface area contributed by atoms with E-state index in [1.54, 1.807) is 17.2 Å². The molecule has 3 rings (SSSR count). The molecule has 1 aliphatic heterocycles. The maximum atomic E-state index is 11.9. The quantitative estimate of drug-likeness (QED) is 0.492. The van der Waals surface area contributed by atoms with Gasteiger partial charge in [-0.15, -0.1) is 0 Å². The predicted octanol–water partition coefficient (Wildman–Crippen LogP) is 5.19. The molecular formula is C20H30O2. The molecule has 0 N–H and O–H groups in total. The molecule has 0 fully saturated rings. The fourth-order valence-electron chi connectivity index (χ4n) is 5.07. The van der Waals surface area contributed by atoms with Gasteiger partial charge in [0.15, 0.2) is 0 Å². The predicted molar refractivity (Wildman–Crippen MR) is 89.4 cm³/mol. The Hall–Kier alpha value is -1.05. The fraction of sp³-hybridized carbons (Fsp3) is 0.750. The molecule has 0 aromatic heterocycles. The van der Waals surface area contributed by atoms with Crippen molar-refractivity contribution in [1.82, 2.24) is 0 Å². The molecule has 0 unspecified atom stereocenters. The van der Waals surface area contributed by atoms with Crippen molar-refractivity contribution in [2.24, 2.45) is 16.7 Å². The molecule has 3 aliphatic rings. The second-order valence-electron chi connectivity index (χ2n) is 8.54. The first-order valence-electron chi connectivity index (χ1n) is 8.86. The summed E-state index contributed by atoms with van der Waals surface area (Å²) in [5.74, 6) is 0.425. The van der Waals surface area contributed by atoms with Gasteiger partial charge in [-0.05, 0) is 50.4 Å². The van der Waals surface area contributed by atoms with Crippen LogP contribution in [0, 0.1) is 16.7 Å².